The fourth-order valence-electron chi connectivity index (χ4n) is 3.62. The summed E-state index contributed by atoms with van der Waals surface area (Å²) in [6, 6.07) is 0. The van der Waals surface area contributed by atoms with E-state index in [2.05, 4.69) is 4.98 Å². The molecular formula is C16H19N2O4+. The molecule has 0 radical (unpaired) electrons. The molecule has 1 aromatic heterocycles. The van der Waals surface area contributed by atoms with Gasteiger partial charge in [-0.2, -0.15) is 0 Å². The van der Waals surface area contributed by atoms with Gasteiger partial charge in [-0.1, -0.05) is 0 Å². The van der Waals surface area contributed by atoms with Crippen molar-refractivity contribution in [2.24, 2.45) is 0 Å². The lowest BCUT2D eigenvalue weighted by Gasteiger charge is -2.11. The number of aryl methyl sites for hydroxylation is 1. The summed E-state index contributed by atoms with van der Waals surface area (Å²) >= 11 is 0. The van der Waals surface area contributed by atoms with Crippen molar-refractivity contribution in [1.82, 2.24) is 4.98 Å². The lowest BCUT2D eigenvalue weighted by atomic mass is 10.0. The number of quaternary nitrogens is 1. The summed E-state index contributed by atoms with van der Waals surface area (Å²) in [5.41, 5.74) is 3.81. The van der Waals surface area contributed by atoms with Crippen LogP contribution in [0.5, 0.6) is 11.5 Å². The van der Waals surface area contributed by atoms with Gasteiger partial charge in [-0.3, -0.25) is 9.69 Å². The molecule has 0 bridgehead atoms. The Bertz CT molecular complexity index is 805. The van der Waals surface area contributed by atoms with Crippen LogP contribution in [0.25, 0.3) is 10.9 Å². The van der Waals surface area contributed by atoms with Crippen molar-refractivity contribution >= 4 is 22.6 Å². The predicted octanol–water partition coefficient (Wildman–Crippen LogP) is 0.968. The third kappa shape index (κ3) is 1.73. The Labute approximate surface area is 127 Å². The van der Waals surface area contributed by atoms with Gasteiger partial charge in [0.05, 0.1) is 16.8 Å². The molecule has 1 atom stereocenters. The van der Waals surface area contributed by atoms with Gasteiger partial charge in [-0.05, 0) is 25.3 Å². The maximum Gasteiger partial charge on any atom is 0.303 e. The predicted molar refractivity (Wildman–Crippen MR) is 79.6 cm³/mol. The minimum absolute atomic E-state index is 0.203. The average molecular weight is 303 g/mol. The fraction of sp³-hybridized carbons (Fsp3) is 0.438. The summed E-state index contributed by atoms with van der Waals surface area (Å²) in [6.45, 7) is 5.17. The summed E-state index contributed by atoms with van der Waals surface area (Å²) in [5, 5.41) is 21.9. The van der Waals surface area contributed by atoms with Gasteiger partial charge in [0, 0.05) is 12.3 Å². The van der Waals surface area contributed by atoms with Crippen LogP contribution in [0.1, 0.15) is 36.3 Å². The van der Waals surface area contributed by atoms with E-state index in [1.807, 2.05) is 6.92 Å². The van der Waals surface area contributed by atoms with E-state index in [1.165, 1.54) is 11.8 Å². The molecule has 2 aromatic rings. The van der Waals surface area contributed by atoms with Gasteiger partial charge in [0.15, 0.2) is 5.69 Å². The van der Waals surface area contributed by atoms with Gasteiger partial charge < -0.3 is 19.9 Å². The third-order valence-electron chi connectivity index (χ3n) is 4.72. The van der Waals surface area contributed by atoms with Crippen LogP contribution in [0.4, 0.5) is 5.69 Å². The lowest BCUT2D eigenvalue weighted by Crippen LogP contribution is -2.86. The molecule has 0 saturated carbocycles. The van der Waals surface area contributed by atoms with Crippen LogP contribution in [0.3, 0.4) is 0 Å². The van der Waals surface area contributed by atoms with E-state index in [9.17, 15) is 15.0 Å². The zero-order valence-corrected chi connectivity index (χ0v) is 12.6. The molecule has 4 N–H and O–H groups in total. The first-order valence-corrected chi connectivity index (χ1v) is 7.60. The third-order valence-corrected chi connectivity index (χ3v) is 4.72. The molecule has 1 aliphatic carbocycles. The Kier molecular flexibility index (Phi) is 2.69. The molecule has 6 nitrogen and oxygen atoms in total. The maximum atomic E-state index is 11.2. The standard InChI is InChI=1S/C16H18N2O4/c1-7-14(18-5-6-18)16(21)13-11(15(7)20)9-3-4-10(12(9)17-13)22-8(2)19/h10,17,20-21H,3-6H2,1-2H3/p+1. The van der Waals surface area contributed by atoms with E-state index in [-0.39, 0.29) is 23.6 Å². The Hall–Kier alpha value is -2.21. The van der Waals surface area contributed by atoms with E-state index in [1.54, 1.807) is 0 Å². The molecule has 6 heteroatoms. The van der Waals surface area contributed by atoms with Crippen LogP contribution in [0.2, 0.25) is 0 Å². The number of esters is 1. The van der Waals surface area contributed by atoms with E-state index in [0.717, 1.165) is 42.0 Å². The molecule has 116 valence electrons. The highest BCUT2D eigenvalue weighted by atomic mass is 16.5. The van der Waals surface area contributed by atoms with Crippen molar-refractivity contribution in [3.8, 4) is 11.5 Å². The van der Waals surface area contributed by atoms with Crippen LogP contribution >= 0.6 is 0 Å². The first kappa shape index (κ1) is 13.5. The Balaban J connectivity index is 1.94. The minimum atomic E-state index is -0.324. The second-order valence-corrected chi connectivity index (χ2v) is 6.20. The maximum absolute atomic E-state index is 11.2. The summed E-state index contributed by atoms with van der Waals surface area (Å²) < 4.78 is 5.33. The second kappa shape index (κ2) is 4.39. The number of phenols is 2. The van der Waals surface area contributed by atoms with Crippen LogP contribution in [-0.2, 0) is 16.0 Å². The van der Waals surface area contributed by atoms with E-state index in [0.29, 0.717) is 17.3 Å². The smallest absolute Gasteiger partial charge is 0.303 e. The number of hydrogen-bond donors (Lipinski definition) is 4. The summed E-state index contributed by atoms with van der Waals surface area (Å²) in [7, 11) is 0. The monoisotopic (exact) mass is 303 g/mol. The van der Waals surface area contributed by atoms with Crippen molar-refractivity contribution in [2.45, 2.75) is 32.8 Å². The first-order valence-electron chi connectivity index (χ1n) is 7.60. The average Bonchev–Trinajstić information content (AvgIpc) is 3.09. The number of hydrogen-bond acceptors (Lipinski definition) is 4. The zero-order chi connectivity index (χ0) is 15.6. The number of carbonyl (C=O) groups is 1. The van der Waals surface area contributed by atoms with Gasteiger partial charge >= 0.3 is 5.97 Å². The Morgan fingerprint density at radius 3 is 2.68 bits per heavy atom. The number of carbonyl (C=O) groups excluding carboxylic acids is 1. The highest BCUT2D eigenvalue weighted by Gasteiger charge is 2.37. The molecule has 2 aliphatic rings. The molecule has 1 unspecified atom stereocenters. The Morgan fingerprint density at radius 1 is 1.32 bits per heavy atom. The van der Waals surface area contributed by atoms with Crippen molar-refractivity contribution in [1.29, 1.82) is 0 Å². The molecule has 0 spiro atoms. The van der Waals surface area contributed by atoms with Crippen LogP contribution in [0.15, 0.2) is 0 Å². The second-order valence-electron chi connectivity index (χ2n) is 6.20. The molecule has 1 aromatic carbocycles. The van der Waals surface area contributed by atoms with Crippen molar-refractivity contribution in [3.05, 3.63) is 16.8 Å². The van der Waals surface area contributed by atoms with Crippen molar-refractivity contribution in [3.63, 3.8) is 0 Å². The van der Waals surface area contributed by atoms with Crippen LogP contribution < -0.4 is 4.90 Å². The molecular weight excluding hydrogens is 284 g/mol. The number of nitrogens with one attached hydrogen (secondary N) is 2. The van der Waals surface area contributed by atoms with E-state index < -0.39 is 0 Å². The van der Waals surface area contributed by atoms with Gasteiger partial charge in [0.2, 0.25) is 5.75 Å². The number of ether oxygens (including phenoxy) is 1. The van der Waals surface area contributed by atoms with E-state index >= 15 is 0 Å². The number of aromatic nitrogens is 1. The van der Waals surface area contributed by atoms with Gasteiger partial charge in [-0.15, -0.1) is 0 Å². The normalized spacial score (nSPS) is 20.4. The van der Waals surface area contributed by atoms with Gasteiger partial charge in [-0.25, -0.2) is 0 Å². The number of benzene rings is 1. The van der Waals surface area contributed by atoms with Crippen LogP contribution in [-0.4, -0.2) is 34.3 Å². The molecule has 1 aliphatic heterocycles. The number of H-pyrrole nitrogens is 1. The summed E-state index contributed by atoms with van der Waals surface area (Å²) in [4.78, 5) is 15.6. The largest absolute Gasteiger partial charge is 0.507 e. The SMILES string of the molecule is CC(=O)OC1CCc2c1[nH]c1c(O)c([NH+]3CC3)c(C)c(O)c21. The summed E-state index contributed by atoms with van der Waals surface area (Å²) in [6.07, 6.45) is 1.10. The number of aromatic hydroxyl groups is 2. The van der Waals surface area contributed by atoms with Crippen LogP contribution in [0, 0.1) is 6.92 Å². The molecule has 0 amide bonds. The minimum Gasteiger partial charge on any atom is -0.507 e. The highest BCUT2D eigenvalue weighted by molar-refractivity contribution is 5.99. The highest BCUT2D eigenvalue weighted by Crippen LogP contribution is 2.48. The molecule has 2 heterocycles. The molecule has 22 heavy (non-hydrogen) atoms. The molecule has 1 saturated heterocycles. The number of aromatic amines is 1. The van der Waals surface area contributed by atoms with Gasteiger partial charge in [0.25, 0.3) is 0 Å². The van der Waals surface area contributed by atoms with Crippen molar-refractivity contribution < 1.29 is 24.6 Å². The number of fused-ring (bicyclic) bond motifs is 3. The van der Waals surface area contributed by atoms with Gasteiger partial charge in [0.1, 0.15) is 24.9 Å². The Morgan fingerprint density at radius 2 is 2.05 bits per heavy atom. The first-order chi connectivity index (χ1) is 10.5. The fourth-order valence-corrected chi connectivity index (χ4v) is 3.62. The molecule has 1 fully saturated rings. The topological polar surface area (TPSA) is 87.0 Å². The quantitative estimate of drug-likeness (QED) is 0.288. The number of phenolic OH excluding ortho intramolecular Hbond substituents is 2. The molecule has 4 rings (SSSR count). The zero-order valence-electron chi connectivity index (χ0n) is 12.6. The number of rotatable bonds is 2. The van der Waals surface area contributed by atoms with E-state index in [4.69, 9.17) is 4.74 Å². The summed E-state index contributed by atoms with van der Waals surface area (Å²) in [5.74, 6) is 0.104. The van der Waals surface area contributed by atoms with Crippen molar-refractivity contribution in [2.75, 3.05) is 13.1 Å². The lowest BCUT2D eigenvalue weighted by molar-refractivity contribution is -0.679.